The molecule has 0 aliphatic heterocycles. The Kier molecular flexibility index (Phi) is 5.51. The quantitative estimate of drug-likeness (QED) is 0.667. The lowest BCUT2D eigenvalue weighted by atomic mass is 10.1. The van der Waals surface area contributed by atoms with Crippen molar-refractivity contribution in [2.45, 2.75) is 12.5 Å². The van der Waals surface area contributed by atoms with Gasteiger partial charge < -0.3 is 15.8 Å². The maximum Gasteiger partial charge on any atom is 0.272 e. The lowest BCUT2D eigenvalue weighted by Crippen LogP contribution is -2.46. The second-order valence-corrected chi connectivity index (χ2v) is 5.96. The first-order chi connectivity index (χ1) is 13.1. The molecule has 3 N–H and O–H groups in total. The maximum absolute atomic E-state index is 12.5. The van der Waals surface area contributed by atoms with E-state index in [9.17, 15) is 9.59 Å². The number of primary amides is 1. The van der Waals surface area contributed by atoms with Crippen LogP contribution in [-0.4, -0.2) is 34.7 Å². The van der Waals surface area contributed by atoms with Gasteiger partial charge in [0.15, 0.2) is 5.69 Å². The molecule has 1 heterocycles. The molecule has 7 nitrogen and oxygen atoms in total. The Hall–Kier alpha value is -3.61. The van der Waals surface area contributed by atoms with E-state index >= 15 is 0 Å². The second-order valence-electron chi connectivity index (χ2n) is 5.96. The molecule has 0 radical (unpaired) electrons. The molecular weight excluding hydrogens is 344 g/mol. The Labute approximate surface area is 156 Å². The molecule has 138 valence electrons. The number of nitrogens with two attached hydrogens (primary N) is 1. The summed E-state index contributed by atoms with van der Waals surface area (Å²) in [6.07, 6.45) is 1.99. The van der Waals surface area contributed by atoms with Gasteiger partial charge in [0, 0.05) is 12.6 Å². The van der Waals surface area contributed by atoms with Crippen molar-refractivity contribution in [1.82, 2.24) is 15.1 Å². The van der Waals surface area contributed by atoms with Crippen LogP contribution in [0.25, 0.3) is 5.69 Å². The number of ether oxygens (including phenoxy) is 1. The lowest BCUT2D eigenvalue weighted by molar-refractivity contribution is -0.119. The first-order valence-corrected chi connectivity index (χ1v) is 8.41. The Morgan fingerprint density at radius 1 is 1.11 bits per heavy atom. The number of carbonyl (C=O) groups excluding carboxylic acids is 2. The number of amides is 2. The second kappa shape index (κ2) is 8.18. The lowest BCUT2D eigenvalue weighted by Gasteiger charge is -2.14. The van der Waals surface area contributed by atoms with Crippen molar-refractivity contribution in [3.8, 4) is 11.4 Å². The molecule has 0 spiro atoms. The third kappa shape index (κ3) is 4.52. The third-order valence-corrected chi connectivity index (χ3v) is 4.09. The van der Waals surface area contributed by atoms with E-state index in [4.69, 9.17) is 10.5 Å². The Morgan fingerprint density at radius 3 is 2.44 bits per heavy atom. The smallest absolute Gasteiger partial charge is 0.272 e. The van der Waals surface area contributed by atoms with Crippen molar-refractivity contribution >= 4 is 11.8 Å². The van der Waals surface area contributed by atoms with Crippen molar-refractivity contribution < 1.29 is 14.3 Å². The minimum absolute atomic E-state index is 0.199. The molecule has 2 aromatic carbocycles. The number of aromatic nitrogens is 2. The zero-order valence-corrected chi connectivity index (χ0v) is 14.8. The van der Waals surface area contributed by atoms with Gasteiger partial charge in [-0.2, -0.15) is 5.10 Å². The average molecular weight is 364 g/mol. The monoisotopic (exact) mass is 364 g/mol. The molecule has 0 fully saturated rings. The summed E-state index contributed by atoms with van der Waals surface area (Å²) < 4.78 is 6.70. The van der Waals surface area contributed by atoms with Crippen LogP contribution in [0.4, 0.5) is 0 Å². The summed E-state index contributed by atoms with van der Waals surface area (Å²) in [5.74, 6) is -0.321. The van der Waals surface area contributed by atoms with Crippen molar-refractivity contribution in [2.75, 3.05) is 7.11 Å². The largest absolute Gasteiger partial charge is 0.497 e. The number of nitrogens with one attached hydrogen (secondary N) is 1. The van der Waals surface area contributed by atoms with Crippen LogP contribution in [0.1, 0.15) is 16.1 Å². The predicted molar refractivity (Wildman–Crippen MR) is 101 cm³/mol. The van der Waals surface area contributed by atoms with Gasteiger partial charge in [-0.15, -0.1) is 0 Å². The number of hydrogen-bond donors (Lipinski definition) is 2. The SMILES string of the molecule is COc1ccc(-n2ccc(C(=O)NC(Cc3ccccc3)C(N)=O)n2)cc1. The van der Waals surface area contributed by atoms with E-state index in [2.05, 4.69) is 10.4 Å². The molecule has 0 saturated carbocycles. The fraction of sp³-hybridized carbons (Fsp3) is 0.150. The number of benzene rings is 2. The topological polar surface area (TPSA) is 99.2 Å². The van der Waals surface area contributed by atoms with Gasteiger partial charge in [-0.3, -0.25) is 9.59 Å². The van der Waals surface area contributed by atoms with Gasteiger partial charge in [-0.1, -0.05) is 30.3 Å². The molecule has 7 heteroatoms. The van der Waals surface area contributed by atoms with Crippen LogP contribution in [0.5, 0.6) is 5.75 Å². The molecule has 0 aliphatic rings. The molecule has 0 bridgehead atoms. The predicted octanol–water partition coefficient (Wildman–Crippen LogP) is 1.71. The highest BCUT2D eigenvalue weighted by Crippen LogP contribution is 2.14. The Morgan fingerprint density at radius 2 is 1.81 bits per heavy atom. The zero-order chi connectivity index (χ0) is 19.2. The first-order valence-electron chi connectivity index (χ1n) is 8.41. The highest BCUT2D eigenvalue weighted by Gasteiger charge is 2.21. The maximum atomic E-state index is 12.5. The minimum atomic E-state index is -0.814. The van der Waals surface area contributed by atoms with Crippen LogP contribution in [0.15, 0.2) is 66.9 Å². The molecule has 1 aromatic heterocycles. The van der Waals surface area contributed by atoms with Crippen LogP contribution in [0, 0.1) is 0 Å². The van der Waals surface area contributed by atoms with Gasteiger partial charge in [0.25, 0.3) is 5.91 Å². The number of rotatable bonds is 7. The van der Waals surface area contributed by atoms with E-state index in [0.29, 0.717) is 6.42 Å². The summed E-state index contributed by atoms with van der Waals surface area (Å²) in [4.78, 5) is 24.2. The molecule has 1 atom stereocenters. The fourth-order valence-electron chi connectivity index (χ4n) is 2.63. The van der Waals surface area contributed by atoms with Crippen molar-refractivity contribution in [1.29, 1.82) is 0 Å². The van der Waals surface area contributed by atoms with E-state index in [1.807, 2.05) is 42.5 Å². The first kappa shape index (κ1) is 18.2. The van der Waals surface area contributed by atoms with Gasteiger partial charge in [0.1, 0.15) is 11.8 Å². The Balaban J connectivity index is 1.71. The minimum Gasteiger partial charge on any atom is -0.497 e. The number of carbonyl (C=O) groups is 2. The molecule has 3 rings (SSSR count). The van der Waals surface area contributed by atoms with Gasteiger partial charge in [0.05, 0.1) is 12.8 Å². The molecule has 27 heavy (non-hydrogen) atoms. The van der Waals surface area contributed by atoms with E-state index in [0.717, 1.165) is 17.0 Å². The van der Waals surface area contributed by atoms with Gasteiger partial charge in [-0.05, 0) is 35.9 Å². The summed E-state index contributed by atoms with van der Waals surface area (Å²) in [6, 6.07) is 17.4. The van der Waals surface area contributed by atoms with E-state index in [1.165, 1.54) is 0 Å². The highest BCUT2D eigenvalue weighted by atomic mass is 16.5. The summed E-state index contributed by atoms with van der Waals surface area (Å²) in [5.41, 5.74) is 7.33. The van der Waals surface area contributed by atoms with Crippen molar-refractivity contribution in [2.24, 2.45) is 5.73 Å². The van der Waals surface area contributed by atoms with Crippen LogP contribution in [0.2, 0.25) is 0 Å². The fourth-order valence-corrected chi connectivity index (χ4v) is 2.63. The van der Waals surface area contributed by atoms with Crippen LogP contribution in [0.3, 0.4) is 0 Å². The van der Waals surface area contributed by atoms with Gasteiger partial charge in [-0.25, -0.2) is 4.68 Å². The summed E-state index contributed by atoms with van der Waals surface area (Å²) in [7, 11) is 1.59. The summed E-state index contributed by atoms with van der Waals surface area (Å²) in [5, 5.41) is 6.92. The number of nitrogens with zero attached hydrogens (tertiary/aromatic N) is 2. The van der Waals surface area contributed by atoms with E-state index < -0.39 is 17.9 Å². The Bertz CT molecular complexity index is 920. The third-order valence-electron chi connectivity index (χ3n) is 4.09. The average Bonchev–Trinajstić information content (AvgIpc) is 3.18. The van der Waals surface area contributed by atoms with Crippen LogP contribution in [-0.2, 0) is 11.2 Å². The van der Waals surface area contributed by atoms with E-state index in [1.54, 1.807) is 36.2 Å². The molecule has 0 aliphatic carbocycles. The van der Waals surface area contributed by atoms with Crippen LogP contribution >= 0.6 is 0 Å². The molecule has 0 saturated heterocycles. The summed E-state index contributed by atoms with van der Waals surface area (Å²) in [6.45, 7) is 0. The van der Waals surface area contributed by atoms with E-state index in [-0.39, 0.29) is 5.69 Å². The van der Waals surface area contributed by atoms with Crippen molar-refractivity contribution in [3.05, 3.63) is 78.1 Å². The normalized spacial score (nSPS) is 11.6. The zero-order valence-electron chi connectivity index (χ0n) is 14.8. The molecule has 2 amide bonds. The summed E-state index contributed by atoms with van der Waals surface area (Å²) >= 11 is 0. The van der Waals surface area contributed by atoms with Crippen molar-refractivity contribution in [3.63, 3.8) is 0 Å². The van der Waals surface area contributed by atoms with Crippen LogP contribution < -0.4 is 15.8 Å². The molecule has 1 unspecified atom stereocenters. The van der Waals surface area contributed by atoms with Gasteiger partial charge in [0.2, 0.25) is 5.91 Å². The number of methoxy groups -OCH3 is 1. The molecular formula is C20H20N4O3. The standard InChI is InChI=1S/C20H20N4O3/c1-27-16-9-7-15(8-10-16)24-12-11-17(23-24)20(26)22-18(19(21)25)13-14-5-3-2-4-6-14/h2-12,18H,13H2,1H3,(H2,21,25)(H,22,26). The molecule has 3 aromatic rings. The number of hydrogen-bond acceptors (Lipinski definition) is 4. The highest BCUT2D eigenvalue weighted by molar-refractivity contribution is 5.95. The van der Waals surface area contributed by atoms with Gasteiger partial charge >= 0.3 is 0 Å².